The van der Waals surface area contributed by atoms with Gasteiger partial charge in [0, 0.05) is 13.6 Å². The van der Waals surface area contributed by atoms with Gasteiger partial charge in [-0.05, 0) is 20.3 Å². The molecule has 0 radical (unpaired) electrons. The van der Waals surface area contributed by atoms with Crippen LogP contribution in [0.15, 0.2) is 11.2 Å². The fraction of sp³-hybridized carbons (Fsp3) is 0.571. The summed E-state index contributed by atoms with van der Waals surface area (Å²) in [5.74, 6) is 1.08. The van der Waals surface area contributed by atoms with Gasteiger partial charge in [-0.25, -0.2) is 13.9 Å². The zero-order valence-corrected chi connectivity index (χ0v) is 12.8. The largest absolute Gasteiger partial charge is 0.401 e. The highest BCUT2D eigenvalue weighted by molar-refractivity contribution is 6.19. The first kappa shape index (κ1) is 13.8. The van der Waals surface area contributed by atoms with Gasteiger partial charge in [-0.15, -0.1) is 0 Å². The molecule has 1 unspecified atom stereocenters. The number of imidazole rings is 1. The van der Waals surface area contributed by atoms with Crippen molar-refractivity contribution in [3.05, 3.63) is 11.9 Å². The normalized spacial score (nSPS) is 20.8. The number of amidine groups is 1. The summed E-state index contributed by atoms with van der Waals surface area (Å²) in [5, 5.41) is 0. The molecule has 7 heteroatoms. The average Bonchev–Trinajstić information content (AvgIpc) is 2.95. The van der Waals surface area contributed by atoms with Gasteiger partial charge in [-0.1, -0.05) is 11.9 Å². The number of urea groups is 1. The number of hydrogen-bond donors (Lipinski definition) is 0. The number of imide groups is 1. The van der Waals surface area contributed by atoms with Crippen LogP contribution in [0.1, 0.15) is 32.0 Å². The smallest absolute Gasteiger partial charge is 0.270 e. The van der Waals surface area contributed by atoms with Crippen LogP contribution in [0.2, 0.25) is 0 Å². The third kappa shape index (κ3) is 1.73. The molecule has 3 rings (SSSR count). The van der Waals surface area contributed by atoms with Crippen molar-refractivity contribution in [2.24, 2.45) is 4.99 Å². The van der Waals surface area contributed by atoms with E-state index in [0.29, 0.717) is 12.4 Å². The standard InChI is InChI=1S/C14H20N5O2/c1-5-7-18-12(20)10-11(16(4)14(18)21)15-13-17(6-2)9(3)8-19(10)13/h8,10H,5-7H2,1-4H3/q+1. The second-order valence-corrected chi connectivity index (χ2v) is 5.43. The van der Waals surface area contributed by atoms with E-state index in [9.17, 15) is 9.59 Å². The molecule has 1 fully saturated rings. The van der Waals surface area contributed by atoms with Crippen molar-refractivity contribution >= 4 is 23.7 Å². The van der Waals surface area contributed by atoms with Gasteiger partial charge >= 0.3 is 12.0 Å². The minimum Gasteiger partial charge on any atom is -0.270 e. The molecule has 0 N–H and O–H groups in total. The Morgan fingerprint density at radius 1 is 1.33 bits per heavy atom. The number of aromatic nitrogens is 2. The summed E-state index contributed by atoms with van der Waals surface area (Å²) in [4.78, 5) is 32.3. The molecule has 0 bridgehead atoms. The molecular formula is C14H20N5O2+. The Morgan fingerprint density at radius 3 is 2.67 bits per heavy atom. The first-order valence-corrected chi connectivity index (χ1v) is 7.30. The number of amides is 3. The molecule has 0 spiro atoms. The first-order chi connectivity index (χ1) is 10.0. The summed E-state index contributed by atoms with van der Waals surface area (Å²) in [5.41, 5.74) is 1.06. The van der Waals surface area contributed by atoms with Gasteiger partial charge in [-0.2, -0.15) is 0 Å². The lowest BCUT2D eigenvalue weighted by atomic mass is 10.1. The number of carbonyl (C=O) groups excluding carboxylic acids is 2. The molecule has 3 amide bonds. The molecule has 1 aromatic rings. The quantitative estimate of drug-likeness (QED) is 0.779. The minimum atomic E-state index is -0.513. The SMILES string of the molecule is CCCN1C(=O)C2C(=Nc3n(CC)c(C)c[n+]32)N(C)C1=O. The van der Waals surface area contributed by atoms with E-state index in [0.717, 1.165) is 24.6 Å². The maximum atomic E-state index is 12.7. The summed E-state index contributed by atoms with van der Waals surface area (Å²) in [6.45, 7) is 7.21. The van der Waals surface area contributed by atoms with E-state index in [-0.39, 0.29) is 11.9 Å². The highest BCUT2D eigenvalue weighted by Crippen LogP contribution is 2.28. The molecule has 3 heterocycles. The molecule has 2 aliphatic heterocycles. The molecule has 21 heavy (non-hydrogen) atoms. The van der Waals surface area contributed by atoms with Crippen molar-refractivity contribution in [1.29, 1.82) is 0 Å². The third-order valence-electron chi connectivity index (χ3n) is 4.09. The van der Waals surface area contributed by atoms with Crippen LogP contribution >= 0.6 is 0 Å². The van der Waals surface area contributed by atoms with E-state index < -0.39 is 6.04 Å². The summed E-state index contributed by atoms with van der Waals surface area (Å²) >= 11 is 0. The molecule has 0 aromatic carbocycles. The predicted octanol–water partition coefficient (Wildman–Crippen LogP) is 0.993. The summed E-state index contributed by atoms with van der Waals surface area (Å²) < 4.78 is 3.92. The molecular weight excluding hydrogens is 270 g/mol. The van der Waals surface area contributed by atoms with Gasteiger partial charge in [0.05, 0.1) is 6.54 Å². The van der Waals surface area contributed by atoms with Crippen molar-refractivity contribution in [2.45, 2.75) is 39.8 Å². The Hall–Kier alpha value is -2.18. The van der Waals surface area contributed by atoms with Crippen LogP contribution in [0.5, 0.6) is 0 Å². The fourth-order valence-electron chi connectivity index (χ4n) is 3.05. The summed E-state index contributed by atoms with van der Waals surface area (Å²) in [6.07, 6.45) is 2.68. The maximum absolute atomic E-state index is 12.7. The maximum Gasteiger partial charge on any atom is 0.401 e. The van der Waals surface area contributed by atoms with Crippen LogP contribution in [-0.2, 0) is 11.3 Å². The number of carbonyl (C=O) groups is 2. The Labute approximate surface area is 123 Å². The number of fused-ring (bicyclic) bond motifs is 3. The number of aliphatic imine (C=N–C) groups is 1. The van der Waals surface area contributed by atoms with E-state index in [2.05, 4.69) is 4.99 Å². The summed E-state index contributed by atoms with van der Waals surface area (Å²) in [6, 6.07) is -0.803. The molecule has 1 aromatic heterocycles. The number of hydrogen-bond acceptors (Lipinski definition) is 3. The molecule has 1 saturated heterocycles. The van der Waals surface area contributed by atoms with Gasteiger partial charge in [0.15, 0.2) is 0 Å². The van der Waals surface area contributed by atoms with Crippen LogP contribution in [0, 0.1) is 6.92 Å². The summed E-state index contributed by atoms with van der Waals surface area (Å²) in [7, 11) is 1.68. The Morgan fingerprint density at radius 2 is 2.05 bits per heavy atom. The van der Waals surface area contributed by atoms with Crippen LogP contribution in [0.3, 0.4) is 0 Å². The molecule has 2 aliphatic rings. The van der Waals surface area contributed by atoms with Crippen molar-refractivity contribution < 1.29 is 14.2 Å². The van der Waals surface area contributed by atoms with Gasteiger partial charge in [0.25, 0.3) is 5.91 Å². The molecule has 1 atom stereocenters. The lowest BCUT2D eigenvalue weighted by molar-refractivity contribution is -0.677. The average molecular weight is 290 g/mol. The molecule has 112 valence electrons. The second-order valence-electron chi connectivity index (χ2n) is 5.43. The van der Waals surface area contributed by atoms with Crippen molar-refractivity contribution in [3.8, 4) is 0 Å². The Balaban J connectivity index is 2.11. The first-order valence-electron chi connectivity index (χ1n) is 7.30. The third-order valence-corrected chi connectivity index (χ3v) is 4.09. The van der Waals surface area contributed by atoms with Crippen molar-refractivity contribution in [2.75, 3.05) is 13.6 Å². The lowest BCUT2D eigenvalue weighted by Crippen LogP contribution is -2.62. The number of aryl methyl sites for hydroxylation is 1. The highest BCUT2D eigenvalue weighted by atomic mass is 16.2. The molecule has 7 nitrogen and oxygen atoms in total. The number of rotatable bonds is 3. The minimum absolute atomic E-state index is 0.185. The highest BCUT2D eigenvalue weighted by Gasteiger charge is 2.52. The Kier molecular flexibility index (Phi) is 3.07. The Bertz CT molecular complexity index is 661. The van der Waals surface area contributed by atoms with E-state index in [1.54, 1.807) is 7.05 Å². The van der Waals surface area contributed by atoms with E-state index >= 15 is 0 Å². The van der Waals surface area contributed by atoms with E-state index in [1.165, 1.54) is 9.80 Å². The van der Waals surface area contributed by atoms with Crippen LogP contribution in [0.4, 0.5) is 10.7 Å². The van der Waals surface area contributed by atoms with Gasteiger partial charge in [0.1, 0.15) is 11.9 Å². The fourth-order valence-corrected chi connectivity index (χ4v) is 3.05. The van der Waals surface area contributed by atoms with Crippen LogP contribution in [0.25, 0.3) is 0 Å². The van der Waals surface area contributed by atoms with Gasteiger partial charge < -0.3 is 0 Å². The lowest BCUT2D eigenvalue weighted by Gasteiger charge is -2.32. The van der Waals surface area contributed by atoms with Crippen molar-refractivity contribution in [3.63, 3.8) is 0 Å². The van der Waals surface area contributed by atoms with Crippen LogP contribution in [-0.4, -0.2) is 45.7 Å². The van der Waals surface area contributed by atoms with E-state index in [4.69, 9.17) is 0 Å². The monoisotopic (exact) mass is 290 g/mol. The zero-order chi connectivity index (χ0) is 15.3. The topological polar surface area (TPSA) is 61.8 Å². The van der Waals surface area contributed by atoms with Gasteiger partial charge in [0.2, 0.25) is 11.9 Å². The molecule has 0 aliphatic carbocycles. The zero-order valence-electron chi connectivity index (χ0n) is 12.8. The second kappa shape index (κ2) is 4.68. The van der Waals surface area contributed by atoms with Gasteiger partial charge in [-0.3, -0.25) is 14.6 Å². The number of likely N-dealkylation sites (N-methyl/N-ethyl adjacent to an activating group) is 1. The number of nitrogens with zero attached hydrogens (tertiary/aromatic N) is 5. The molecule has 0 saturated carbocycles. The van der Waals surface area contributed by atoms with Crippen LogP contribution < -0.4 is 4.57 Å². The van der Waals surface area contributed by atoms with E-state index in [1.807, 2.05) is 36.1 Å². The van der Waals surface area contributed by atoms with Crippen molar-refractivity contribution in [1.82, 2.24) is 14.4 Å². The predicted molar refractivity (Wildman–Crippen MR) is 76.3 cm³/mol.